The number of fused-ring (bicyclic) bond motifs is 1. The van der Waals surface area contributed by atoms with Gasteiger partial charge in [-0.25, -0.2) is 0 Å². The molecule has 1 aromatic carbocycles. The molecule has 3 atom stereocenters. The van der Waals surface area contributed by atoms with Crippen LogP contribution >= 0.6 is 34.7 Å². The van der Waals surface area contributed by atoms with E-state index in [1.807, 2.05) is 30.0 Å². The Balaban J connectivity index is 1.39. The van der Waals surface area contributed by atoms with Gasteiger partial charge in [0.15, 0.2) is 0 Å². The Bertz CT molecular complexity index is 1130. The maximum atomic E-state index is 11.6. The summed E-state index contributed by atoms with van der Waals surface area (Å²) in [5, 5.41) is 15.3. The van der Waals surface area contributed by atoms with Crippen LogP contribution < -0.4 is 10.5 Å². The van der Waals surface area contributed by atoms with E-state index in [0.29, 0.717) is 10.9 Å². The zero-order chi connectivity index (χ0) is 24.8. The van der Waals surface area contributed by atoms with Gasteiger partial charge in [0.1, 0.15) is 5.75 Å². The number of carboxylic acid groups (broad SMARTS) is 1. The lowest BCUT2D eigenvalue weighted by molar-refractivity contribution is -0.139. The molecular formula is C26H32ClN3O3S2. The molecule has 3 aromatic rings. The number of piperidine rings is 1. The molecule has 188 valence electrons. The smallest absolute Gasteiger partial charge is 0.303 e. The van der Waals surface area contributed by atoms with Gasteiger partial charge in [0.2, 0.25) is 0 Å². The SMILES string of the molecule is COc1ccc2ncc(Cl)c(C(N)CCC3CCN(CCSc4ccsc4)CC3CC(=O)O)c2c1. The number of methoxy groups -OCH3 is 1. The molecule has 4 rings (SSSR count). The lowest BCUT2D eigenvalue weighted by atomic mass is 9.79. The lowest BCUT2D eigenvalue weighted by Gasteiger charge is -2.38. The number of ether oxygens (including phenoxy) is 1. The number of thioether (sulfide) groups is 1. The Morgan fingerprint density at radius 1 is 1.40 bits per heavy atom. The first-order valence-corrected chi connectivity index (χ1v) is 14.2. The summed E-state index contributed by atoms with van der Waals surface area (Å²) < 4.78 is 5.39. The molecule has 0 amide bonds. The molecule has 0 saturated carbocycles. The molecular weight excluding hydrogens is 502 g/mol. The number of likely N-dealkylation sites (tertiary alicyclic amines) is 1. The van der Waals surface area contributed by atoms with Crippen LogP contribution in [0.25, 0.3) is 10.9 Å². The number of halogens is 1. The van der Waals surface area contributed by atoms with Crippen molar-refractivity contribution < 1.29 is 14.6 Å². The van der Waals surface area contributed by atoms with E-state index < -0.39 is 5.97 Å². The van der Waals surface area contributed by atoms with Crippen molar-refractivity contribution in [2.75, 3.05) is 32.5 Å². The van der Waals surface area contributed by atoms with Crippen LogP contribution in [0.1, 0.15) is 37.3 Å². The number of hydrogen-bond donors (Lipinski definition) is 2. The van der Waals surface area contributed by atoms with Crippen LogP contribution in [0.4, 0.5) is 0 Å². The van der Waals surface area contributed by atoms with Crippen molar-refractivity contribution in [1.29, 1.82) is 0 Å². The van der Waals surface area contributed by atoms with E-state index in [-0.39, 0.29) is 18.4 Å². The summed E-state index contributed by atoms with van der Waals surface area (Å²) in [5.74, 6) is 1.49. The quantitative estimate of drug-likeness (QED) is 0.295. The van der Waals surface area contributed by atoms with Crippen molar-refractivity contribution in [2.45, 2.75) is 36.6 Å². The Labute approximate surface area is 219 Å². The second-order valence-electron chi connectivity index (χ2n) is 9.10. The second kappa shape index (κ2) is 12.4. The minimum atomic E-state index is -0.728. The number of rotatable bonds is 11. The fraction of sp³-hybridized carbons (Fsp3) is 0.462. The largest absolute Gasteiger partial charge is 0.497 e. The van der Waals surface area contributed by atoms with Crippen LogP contribution in [0.2, 0.25) is 5.02 Å². The molecule has 2 aromatic heterocycles. The summed E-state index contributed by atoms with van der Waals surface area (Å²) in [7, 11) is 1.63. The van der Waals surface area contributed by atoms with Gasteiger partial charge in [-0.05, 0) is 72.9 Å². The predicted molar refractivity (Wildman–Crippen MR) is 145 cm³/mol. The topological polar surface area (TPSA) is 88.7 Å². The molecule has 9 heteroatoms. The number of aliphatic carboxylic acids is 1. The number of aromatic nitrogens is 1. The van der Waals surface area contributed by atoms with Gasteiger partial charge in [-0.2, -0.15) is 11.3 Å². The Morgan fingerprint density at radius 3 is 3.00 bits per heavy atom. The molecule has 1 aliphatic rings. The maximum absolute atomic E-state index is 11.6. The highest BCUT2D eigenvalue weighted by Crippen LogP contribution is 2.36. The van der Waals surface area contributed by atoms with Crippen LogP contribution in [0.15, 0.2) is 46.1 Å². The zero-order valence-corrected chi connectivity index (χ0v) is 22.2. The molecule has 1 saturated heterocycles. The first kappa shape index (κ1) is 26.2. The van der Waals surface area contributed by atoms with E-state index in [1.165, 1.54) is 4.90 Å². The average molecular weight is 534 g/mol. The molecule has 3 heterocycles. The third-order valence-corrected chi connectivity index (χ3v) is 8.98. The molecule has 0 spiro atoms. The normalized spacial score (nSPS) is 19.6. The predicted octanol–water partition coefficient (Wildman–Crippen LogP) is 5.94. The fourth-order valence-corrected chi connectivity index (χ4v) is 7.11. The number of nitrogens with two attached hydrogens (primary N) is 1. The molecule has 0 aliphatic carbocycles. The van der Waals surface area contributed by atoms with Crippen molar-refractivity contribution >= 4 is 51.6 Å². The summed E-state index contributed by atoms with van der Waals surface area (Å²) in [6.07, 6.45) is 4.47. The number of nitrogens with zero attached hydrogens (tertiary/aromatic N) is 2. The van der Waals surface area contributed by atoms with Gasteiger partial charge >= 0.3 is 5.97 Å². The summed E-state index contributed by atoms with van der Waals surface area (Å²) in [6, 6.07) is 7.61. The Hall–Kier alpha value is -1.84. The molecule has 3 N–H and O–H groups in total. The van der Waals surface area contributed by atoms with E-state index in [1.54, 1.807) is 24.6 Å². The van der Waals surface area contributed by atoms with Crippen LogP contribution in [0.5, 0.6) is 5.75 Å². The second-order valence-corrected chi connectivity index (χ2v) is 11.5. The van der Waals surface area contributed by atoms with Crippen LogP contribution in [0, 0.1) is 11.8 Å². The molecule has 0 bridgehead atoms. The van der Waals surface area contributed by atoms with E-state index in [0.717, 1.165) is 66.9 Å². The van der Waals surface area contributed by atoms with E-state index in [4.69, 9.17) is 22.1 Å². The van der Waals surface area contributed by atoms with Gasteiger partial charge in [-0.3, -0.25) is 9.78 Å². The van der Waals surface area contributed by atoms with Crippen molar-refractivity contribution in [2.24, 2.45) is 17.6 Å². The minimum Gasteiger partial charge on any atom is -0.497 e. The summed E-state index contributed by atoms with van der Waals surface area (Å²) in [4.78, 5) is 19.8. The monoisotopic (exact) mass is 533 g/mol. The average Bonchev–Trinajstić information content (AvgIpc) is 3.36. The number of pyridine rings is 1. The van der Waals surface area contributed by atoms with Gasteiger partial charge in [-0.1, -0.05) is 11.6 Å². The molecule has 35 heavy (non-hydrogen) atoms. The summed E-state index contributed by atoms with van der Waals surface area (Å²) >= 11 is 10.1. The van der Waals surface area contributed by atoms with Gasteiger partial charge in [-0.15, -0.1) is 11.8 Å². The lowest BCUT2D eigenvalue weighted by Crippen LogP contribution is -2.42. The Kier molecular flexibility index (Phi) is 9.30. The molecule has 3 unspecified atom stereocenters. The van der Waals surface area contributed by atoms with Crippen molar-refractivity contribution in [3.63, 3.8) is 0 Å². The van der Waals surface area contributed by atoms with Crippen molar-refractivity contribution in [1.82, 2.24) is 9.88 Å². The van der Waals surface area contributed by atoms with Gasteiger partial charge in [0.05, 0.1) is 17.6 Å². The number of thiophene rings is 1. The number of benzene rings is 1. The standard InChI is InChI=1S/C26H32ClN3O3S2/c1-33-19-3-5-24-21(13-19)26(22(27)14-29-24)23(28)4-2-17-6-8-30(15-18(17)12-25(31)32)9-11-35-20-7-10-34-16-20/h3,5,7,10,13-14,16-18,23H,2,4,6,8-9,11-12,15,28H2,1H3,(H,31,32). The van der Waals surface area contributed by atoms with Gasteiger partial charge in [0.25, 0.3) is 0 Å². The maximum Gasteiger partial charge on any atom is 0.303 e. The first-order valence-electron chi connectivity index (χ1n) is 11.9. The number of hydrogen-bond acceptors (Lipinski definition) is 7. The van der Waals surface area contributed by atoms with Gasteiger partial charge in [0, 0.05) is 53.2 Å². The highest BCUT2D eigenvalue weighted by Gasteiger charge is 2.31. The van der Waals surface area contributed by atoms with E-state index >= 15 is 0 Å². The van der Waals surface area contributed by atoms with Crippen molar-refractivity contribution in [3.05, 3.63) is 51.8 Å². The number of carboxylic acids is 1. The molecule has 1 fully saturated rings. The number of carbonyl (C=O) groups is 1. The van der Waals surface area contributed by atoms with Crippen LogP contribution in [-0.2, 0) is 4.79 Å². The van der Waals surface area contributed by atoms with Crippen molar-refractivity contribution in [3.8, 4) is 5.75 Å². The third kappa shape index (κ3) is 6.89. The van der Waals surface area contributed by atoms with E-state index in [9.17, 15) is 9.90 Å². The van der Waals surface area contributed by atoms with E-state index in [2.05, 4.69) is 26.7 Å². The molecule has 0 radical (unpaired) electrons. The van der Waals surface area contributed by atoms with Crippen LogP contribution in [0.3, 0.4) is 0 Å². The molecule has 1 aliphatic heterocycles. The van der Waals surface area contributed by atoms with Gasteiger partial charge < -0.3 is 20.5 Å². The highest BCUT2D eigenvalue weighted by molar-refractivity contribution is 7.99. The summed E-state index contributed by atoms with van der Waals surface area (Å²) in [5.41, 5.74) is 8.39. The summed E-state index contributed by atoms with van der Waals surface area (Å²) in [6.45, 7) is 2.80. The molecule has 6 nitrogen and oxygen atoms in total. The zero-order valence-electron chi connectivity index (χ0n) is 19.9. The highest BCUT2D eigenvalue weighted by atomic mass is 35.5. The minimum absolute atomic E-state index is 0.129. The first-order chi connectivity index (χ1) is 16.9. The Morgan fingerprint density at radius 2 is 2.26 bits per heavy atom. The third-order valence-electron chi connectivity index (χ3n) is 6.87. The van der Waals surface area contributed by atoms with Crippen LogP contribution in [-0.4, -0.2) is 53.5 Å². The fourth-order valence-electron chi connectivity index (χ4n) is 5.03.